The molecule has 2 atom stereocenters. The molecule has 0 spiro atoms. The Morgan fingerprint density at radius 1 is 1.42 bits per heavy atom. The summed E-state index contributed by atoms with van der Waals surface area (Å²) in [4.78, 5) is 14.8. The Bertz CT molecular complexity index is 418. The molecule has 0 saturated carbocycles. The fraction of sp³-hybridized carbons (Fsp3) is 0.667. The van der Waals surface area contributed by atoms with Crippen LogP contribution >= 0.6 is 11.3 Å². The van der Waals surface area contributed by atoms with Gasteiger partial charge in [0.15, 0.2) is 0 Å². The molecule has 19 heavy (non-hydrogen) atoms. The van der Waals surface area contributed by atoms with E-state index in [9.17, 15) is 4.79 Å². The van der Waals surface area contributed by atoms with E-state index in [0.29, 0.717) is 24.3 Å². The molecule has 0 radical (unpaired) electrons. The number of amides is 1. The highest BCUT2D eigenvalue weighted by atomic mass is 32.1. The number of hydrogen-bond donors (Lipinski definition) is 1. The van der Waals surface area contributed by atoms with E-state index >= 15 is 0 Å². The SMILES string of the molecule is O=C(Cc1ccsc1)N1CCCC[C@H]2CNCC[C@H]21. The van der Waals surface area contributed by atoms with Crippen molar-refractivity contribution in [3.8, 4) is 0 Å². The van der Waals surface area contributed by atoms with Gasteiger partial charge in [-0.2, -0.15) is 11.3 Å². The average molecular weight is 278 g/mol. The van der Waals surface area contributed by atoms with E-state index < -0.39 is 0 Å². The Kier molecular flexibility index (Phi) is 4.18. The molecule has 2 fully saturated rings. The van der Waals surface area contributed by atoms with Crippen LogP contribution in [-0.4, -0.2) is 36.5 Å². The maximum absolute atomic E-state index is 12.6. The molecule has 104 valence electrons. The van der Waals surface area contributed by atoms with Gasteiger partial charge in [0.1, 0.15) is 0 Å². The molecule has 1 aromatic rings. The van der Waals surface area contributed by atoms with Crippen LogP contribution in [0, 0.1) is 5.92 Å². The highest BCUT2D eigenvalue weighted by molar-refractivity contribution is 7.07. The number of rotatable bonds is 2. The number of thiophene rings is 1. The van der Waals surface area contributed by atoms with E-state index in [-0.39, 0.29) is 0 Å². The summed E-state index contributed by atoms with van der Waals surface area (Å²) in [5, 5.41) is 7.63. The number of carbonyl (C=O) groups excluding carboxylic acids is 1. The standard InChI is InChI=1S/C15H22N2OS/c18-15(9-12-5-8-19-11-12)17-7-2-1-3-13-10-16-6-4-14(13)17/h5,8,11,13-14,16H,1-4,6-7,9-10H2/t13-,14+/m0/s1. The third-order valence-corrected chi connectivity index (χ3v) is 5.18. The van der Waals surface area contributed by atoms with Crippen LogP contribution in [0.25, 0.3) is 0 Å². The van der Waals surface area contributed by atoms with E-state index in [2.05, 4.69) is 27.0 Å². The summed E-state index contributed by atoms with van der Waals surface area (Å²) < 4.78 is 0. The van der Waals surface area contributed by atoms with Crippen LogP contribution in [0.15, 0.2) is 16.8 Å². The minimum atomic E-state index is 0.331. The molecule has 2 saturated heterocycles. The van der Waals surface area contributed by atoms with Gasteiger partial charge in [-0.15, -0.1) is 0 Å². The Morgan fingerprint density at radius 3 is 3.21 bits per heavy atom. The summed E-state index contributed by atoms with van der Waals surface area (Å²) in [6.07, 6.45) is 5.42. The zero-order valence-electron chi connectivity index (χ0n) is 11.3. The monoisotopic (exact) mass is 278 g/mol. The number of fused-ring (bicyclic) bond motifs is 1. The smallest absolute Gasteiger partial charge is 0.227 e. The van der Waals surface area contributed by atoms with E-state index in [1.54, 1.807) is 11.3 Å². The zero-order valence-corrected chi connectivity index (χ0v) is 12.1. The van der Waals surface area contributed by atoms with Crippen molar-refractivity contribution in [1.82, 2.24) is 10.2 Å². The van der Waals surface area contributed by atoms with Crippen LogP contribution in [-0.2, 0) is 11.2 Å². The van der Waals surface area contributed by atoms with E-state index in [0.717, 1.165) is 26.1 Å². The van der Waals surface area contributed by atoms with Gasteiger partial charge < -0.3 is 10.2 Å². The fourth-order valence-corrected chi connectivity index (χ4v) is 4.12. The van der Waals surface area contributed by atoms with Crippen LogP contribution in [0.5, 0.6) is 0 Å². The summed E-state index contributed by atoms with van der Waals surface area (Å²) in [7, 11) is 0. The van der Waals surface area contributed by atoms with Crippen LogP contribution in [0.2, 0.25) is 0 Å². The van der Waals surface area contributed by atoms with Gasteiger partial charge in [-0.05, 0) is 60.7 Å². The molecule has 1 N–H and O–H groups in total. The lowest BCUT2D eigenvalue weighted by Gasteiger charge is -2.38. The second-order valence-electron chi connectivity index (χ2n) is 5.71. The van der Waals surface area contributed by atoms with Crippen molar-refractivity contribution in [3.05, 3.63) is 22.4 Å². The predicted molar refractivity (Wildman–Crippen MR) is 78.4 cm³/mol. The van der Waals surface area contributed by atoms with Gasteiger partial charge >= 0.3 is 0 Å². The van der Waals surface area contributed by atoms with Gasteiger partial charge in [0, 0.05) is 12.6 Å². The Morgan fingerprint density at radius 2 is 2.37 bits per heavy atom. The molecule has 3 heterocycles. The average Bonchev–Trinajstić information content (AvgIpc) is 2.83. The maximum Gasteiger partial charge on any atom is 0.227 e. The minimum Gasteiger partial charge on any atom is -0.339 e. The molecular formula is C15H22N2OS. The molecule has 4 heteroatoms. The number of nitrogens with one attached hydrogen (secondary N) is 1. The number of nitrogens with zero attached hydrogens (tertiary/aromatic N) is 1. The topological polar surface area (TPSA) is 32.3 Å². The lowest BCUT2D eigenvalue weighted by molar-refractivity contribution is -0.134. The lowest BCUT2D eigenvalue weighted by atomic mass is 9.89. The first kappa shape index (κ1) is 13.1. The number of piperidine rings is 1. The molecule has 0 bridgehead atoms. The molecule has 2 aliphatic rings. The highest BCUT2D eigenvalue weighted by Gasteiger charge is 2.33. The molecule has 3 nitrogen and oxygen atoms in total. The van der Waals surface area contributed by atoms with Gasteiger partial charge in [-0.3, -0.25) is 4.79 Å². The molecular weight excluding hydrogens is 256 g/mol. The number of hydrogen-bond acceptors (Lipinski definition) is 3. The second kappa shape index (κ2) is 6.06. The summed E-state index contributed by atoms with van der Waals surface area (Å²) in [5.74, 6) is 1.000. The highest BCUT2D eigenvalue weighted by Crippen LogP contribution is 2.27. The van der Waals surface area contributed by atoms with E-state index in [1.807, 2.05) is 0 Å². The molecule has 1 aromatic heterocycles. The van der Waals surface area contributed by atoms with Crippen molar-refractivity contribution in [2.24, 2.45) is 5.92 Å². The van der Waals surface area contributed by atoms with Gasteiger partial charge in [-0.1, -0.05) is 6.42 Å². The third kappa shape index (κ3) is 3.00. The van der Waals surface area contributed by atoms with E-state index in [1.165, 1.54) is 24.8 Å². The molecule has 2 aliphatic heterocycles. The summed E-state index contributed by atoms with van der Waals surface area (Å²) >= 11 is 1.67. The van der Waals surface area contributed by atoms with Crippen molar-refractivity contribution in [1.29, 1.82) is 0 Å². The first-order valence-corrected chi connectivity index (χ1v) is 8.30. The Balaban J connectivity index is 1.71. The van der Waals surface area contributed by atoms with Crippen LogP contribution in [0.1, 0.15) is 31.2 Å². The van der Waals surface area contributed by atoms with E-state index in [4.69, 9.17) is 0 Å². The maximum atomic E-state index is 12.6. The fourth-order valence-electron chi connectivity index (χ4n) is 3.45. The van der Waals surface area contributed by atoms with Crippen LogP contribution < -0.4 is 5.32 Å². The first-order valence-electron chi connectivity index (χ1n) is 7.36. The molecule has 1 amide bonds. The van der Waals surface area contributed by atoms with Crippen molar-refractivity contribution in [2.45, 2.75) is 38.1 Å². The quantitative estimate of drug-likeness (QED) is 0.900. The predicted octanol–water partition coefficient (Wildman–Crippen LogP) is 2.28. The first-order chi connectivity index (χ1) is 9.34. The number of carbonyl (C=O) groups is 1. The Labute approximate surface area is 119 Å². The summed E-state index contributed by atoms with van der Waals surface area (Å²) in [5.41, 5.74) is 1.17. The van der Waals surface area contributed by atoms with Crippen molar-refractivity contribution < 1.29 is 4.79 Å². The van der Waals surface area contributed by atoms with Gasteiger partial charge in [0.25, 0.3) is 0 Å². The normalized spacial score (nSPS) is 27.7. The molecule has 0 aromatic carbocycles. The van der Waals surface area contributed by atoms with Crippen LogP contribution in [0.3, 0.4) is 0 Å². The zero-order chi connectivity index (χ0) is 13.1. The van der Waals surface area contributed by atoms with Crippen molar-refractivity contribution in [3.63, 3.8) is 0 Å². The van der Waals surface area contributed by atoms with Gasteiger partial charge in [0.05, 0.1) is 6.42 Å². The largest absolute Gasteiger partial charge is 0.339 e. The minimum absolute atomic E-state index is 0.331. The lowest BCUT2D eigenvalue weighted by Crippen LogP contribution is -2.51. The van der Waals surface area contributed by atoms with Crippen LogP contribution in [0.4, 0.5) is 0 Å². The third-order valence-electron chi connectivity index (χ3n) is 4.45. The Hall–Kier alpha value is -0.870. The van der Waals surface area contributed by atoms with Crippen molar-refractivity contribution >= 4 is 17.2 Å². The summed E-state index contributed by atoms with van der Waals surface area (Å²) in [6.45, 7) is 3.11. The van der Waals surface area contributed by atoms with Gasteiger partial charge in [-0.25, -0.2) is 0 Å². The summed E-state index contributed by atoms with van der Waals surface area (Å²) in [6, 6.07) is 2.55. The molecule has 0 aliphatic carbocycles. The molecule has 0 unspecified atom stereocenters. The number of likely N-dealkylation sites (tertiary alicyclic amines) is 1. The van der Waals surface area contributed by atoms with Gasteiger partial charge in [0.2, 0.25) is 5.91 Å². The molecule has 3 rings (SSSR count). The second-order valence-corrected chi connectivity index (χ2v) is 6.49. The van der Waals surface area contributed by atoms with Crippen molar-refractivity contribution in [2.75, 3.05) is 19.6 Å².